The number of methoxy groups -OCH3 is 1. The topological polar surface area (TPSA) is 104 Å². The molecule has 1 atom stereocenters. The second kappa shape index (κ2) is 8.57. The molecule has 0 saturated carbocycles. The quantitative estimate of drug-likeness (QED) is 0.433. The van der Waals surface area contributed by atoms with E-state index in [1.807, 2.05) is 60.0 Å². The Morgan fingerprint density at radius 2 is 1.94 bits per heavy atom. The largest absolute Gasteiger partial charge is 0.496 e. The SMILES string of the molecule is CC.COc1cc2c(cc1-c1c(C)noc1C)ncc1c2[nH]c(=O)n1C(C)c1cnn(C)c1. The van der Waals surface area contributed by atoms with Crippen LogP contribution in [0.3, 0.4) is 0 Å². The van der Waals surface area contributed by atoms with Crippen LogP contribution in [0.5, 0.6) is 5.75 Å². The van der Waals surface area contributed by atoms with Gasteiger partial charge in [-0.1, -0.05) is 19.0 Å². The van der Waals surface area contributed by atoms with Gasteiger partial charge < -0.3 is 14.2 Å². The molecular weight excluding hydrogens is 420 g/mol. The number of aromatic amines is 1. The number of imidazole rings is 1. The van der Waals surface area contributed by atoms with Crippen LogP contribution in [0, 0.1) is 13.8 Å². The molecule has 0 aliphatic carbocycles. The second-order valence-corrected chi connectivity index (χ2v) is 7.71. The maximum absolute atomic E-state index is 12.9. The summed E-state index contributed by atoms with van der Waals surface area (Å²) >= 11 is 0. The van der Waals surface area contributed by atoms with Crippen molar-refractivity contribution in [1.29, 1.82) is 0 Å². The molecule has 1 N–H and O–H groups in total. The van der Waals surface area contributed by atoms with E-state index in [9.17, 15) is 4.79 Å². The van der Waals surface area contributed by atoms with E-state index in [4.69, 9.17) is 9.26 Å². The van der Waals surface area contributed by atoms with Gasteiger partial charge in [-0.3, -0.25) is 14.2 Å². The Bertz CT molecular complexity index is 1480. The van der Waals surface area contributed by atoms with Crippen molar-refractivity contribution in [2.24, 2.45) is 7.05 Å². The number of aryl methyl sites for hydroxylation is 3. The highest BCUT2D eigenvalue weighted by Gasteiger charge is 2.21. The average Bonchev–Trinajstić information content (AvgIpc) is 3.50. The summed E-state index contributed by atoms with van der Waals surface area (Å²) in [5.74, 6) is 1.37. The summed E-state index contributed by atoms with van der Waals surface area (Å²) < 4.78 is 14.4. The molecule has 5 aromatic rings. The first-order chi connectivity index (χ1) is 15.9. The summed E-state index contributed by atoms with van der Waals surface area (Å²) in [6, 6.07) is 3.65. The molecule has 4 heterocycles. The zero-order valence-corrected chi connectivity index (χ0v) is 19.9. The van der Waals surface area contributed by atoms with Crippen LogP contribution in [0.2, 0.25) is 0 Å². The maximum Gasteiger partial charge on any atom is 0.327 e. The fraction of sp³-hybridized carbons (Fsp3) is 0.333. The minimum Gasteiger partial charge on any atom is -0.496 e. The molecule has 5 rings (SSSR count). The molecule has 0 amide bonds. The smallest absolute Gasteiger partial charge is 0.327 e. The van der Waals surface area contributed by atoms with Crippen LogP contribution in [0.25, 0.3) is 33.1 Å². The van der Waals surface area contributed by atoms with Crippen molar-refractivity contribution in [2.75, 3.05) is 7.11 Å². The Labute approximate surface area is 191 Å². The molecule has 4 aromatic heterocycles. The van der Waals surface area contributed by atoms with Crippen molar-refractivity contribution in [3.05, 3.63) is 58.2 Å². The molecule has 0 fully saturated rings. The number of nitrogens with one attached hydrogen (secondary N) is 1. The summed E-state index contributed by atoms with van der Waals surface area (Å²) in [4.78, 5) is 20.6. The van der Waals surface area contributed by atoms with E-state index in [0.29, 0.717) is 17.0 Å². The molecule has 9 heteroatoms. The van der Waals surface area contributed by atoms with Gasteiger partial charge in [0.15, 0.2) is 0 Å². The Balaban J connectivity index is 0.00000126. The van der Waals surface area contributed by atoms with Gasteiger partial charge >= 0.3 is 5.69 Å². The van der Waals surface area contributed by atoms with Crippen molar-refractivity contribution < 1.29 is 9.26 Å². The Kier molecular flexibility index (Phi) is 5.80. The van der Waals surface area contributed by atoms with E-state index in [2.05, 4.69) is 20.2 Å². The zero-order chi connectivity index (χ0) is 23.9. The summed E-state index contributed by atoms with van der Waals surface area (Å²) in [5.41, 5.74) is 5.44. The highest BCUT2D eigenvalue weighted by atomic mass is 16.5. The van der Waals surface area contributed by atoms with Gasteiger partial charge in [0.05, 0.1) is 53.4 Å². The molecule has 0 saturated heterocycles. The van der Waals surface area contributed by atoms with E-state index in [1.54, 1.807) is 28.8 Å². The third-order valence-electron chi connectivity index (χ3n) is 5.78. The van der Waals surface area contributed by atoms with E-state index in [0.717, 1.165) is 38.8 Å². The third kappa shape index (κ3) is 3.59. The van der Waals surface area contributed by atoms with Crippen LogP contribution < -0.4 is 10.4 Å². The van der Waals surface area contributed by atoms with Crippen LogP contribution in [-0.2, 0) is 7.05 Å². The molecule has 0 spiro atoms. The Morgan fingerprint density at radius 3 is 2.55 bits per heavy atom. The summed E-state index contributed by atoms with van der Waals surface area (Å²) in [6.07, 6.45) is 5.40. The first-order valence-electron chi connectivity index (χ1n) is 10.9. The van der Waals surface area contributed by atoms with Gasteiger partial charge in [0, 0.05) is 29.8 Å². The molecule has 0 aliphatic heterocycles. The number of benzene rings is 1. The third-order valence-corrected chi connectivity index (χ3v) is 5.78. The van der Waals surface area contributed by atoms with E-state index >= 15 is 0 Å². The number of pyridine rings is 1. The first kappa shape index (κ1) is 22.3. The molecule has 0 radical (unpaired) electrons. The van der Waals surface area contributed by atoms with Gasteiger partial charge in [-0.05, 0) is 32.9 Å². The van der Waals surface area contributed by atoms with Gasteiger partial charge in [-0.15, -0.1) is 0 Å². The first-order valence-corrected chi connectivity index (χ1v) is 10.9. The average molecular weight is 449 g/mol. The highest BCUT2D eigenvalue weighted by molar-refractivity contribution is 6.04. The Hall–Kier alpha value is -3.88. The number of hydrogen-bond donors (Lipinski definition) is 1. The lowest BCUT2D eigenvalue weighted by Crippen LogP contribution is -2.20. The Morgan fingerprint density at radius 1 is 1.18 bits per heavy atom. The zero-order valence-electron chi connectivity index (χ0n) is 19.9. The maximum atomic E-state index is 12.9. The molecule has 1 aromatic carbocycles. The molecule has 0 bridgehead atoms. The van der Waals surface area contributed by atoms with Crippen LogP contribution in [0.15, 0.2) is 40.0 Å². The van der Waals surface area contributed by atoms with Gasteiger partial charge in [-0.25, -0.2) is 4.79 Å². The number of rotatable bonds is 4. The lowest BCUT2D eigenvalue weighted by Gasteiger charge is -2.13. The summed E-state index contributed by atoms with van der Waals surface area (Å²) in [6.45, 7) is 9.73. The fourth-order valence-corrected chi connectivity index (χ4v) is 4.22. The van der Waals surface area contributed by atoms with Crippen molar-refractivity contribution in [1.82, 2.24) is 29.5 Å². The van der Waals surface area contributed by atoms with E-state index in [-0.39, 0.29) is 11.7 Å². The molecular formula is C24H28N6O3. The number of H-pyrrole nitrogens is 1. The number of hydrogen-bond acceptors (Lipinski definition) is 6. The van der Waals surface area contributed by atoms with Crippen LogP contribution in [0.1, 0.15) is 43.8 Å². The van der Waals surface area contributed by atoms with Gasteiger partial charge in [0.25, 0.3) is 0 Å². The molecule has 172 valence electrons. The predicted molar refractivity (Wildman–Crippen MR) is 128 cm³/mol. The molecule has 0 aliphatic rings. The lowest BCUT2D eigenvalue weighted by atomic mass is 10.0. The van der Waals surface area contributed by atoms with E-state index < -0.39 is 0 Å². The van der Waals surface area contributed by atoms with Crippen molar-refractivity contribution >= 4 is 21.9 Å². The van der Waals surface area contributed by atoms with Crippen LogP contribution in [0.4, 0.5) is 0 Å². The van der Waals surface area contributed by atoms with Crippen LogP contribution in [-0.4, -0.2) is 36.6 Å². The van der Waals surface area contributed by atoms with Gasteiger partial charge in [0.1, 0.15) is 11.5 Å². The molecule has 9 nitrogen and oxygen atoms in total. The monoisotopic (exact) mass is 448 g/mol. The lowest BCUT2D eigenvalue weighted by molar-refractivity contribution is 0.393. The van der Waals surface area contributed by atoms with E-state index in [1.165, 1.54) is 0 Å². The van der Waals surface area contributed by atoms with Crippen molar-refractivity contribution in [3.63, 3.8) is 0 Å². The normalized spacial score (nSPS) is 12.1. The molecule has 1 unspecified atom stereocenters. The predicted octanol–water partition coefficient (Wildman–Crippen LogP) is 4.53. The van der Waals surface area contributed by atoms with Crippen molar-refractivity contribution in [3.8, 4) is 16.9 Å². The fourth-order valence-electron chi connectivity index (χ4n) is 4.22. The summed E-state index contributed by atoms with van der Waals surface area (Å²) in [7, 11) is 3.47. The number of nitrogens with zero attached hydrogens (tertiary/aromatic N) is 5. The van der Waals surface area contributed by atoms with Crippen molar-refractivity contribution in [2.45, 2.75) is 40.7 Å². The second-order valence-electron chi connectivity index (χ2n) is 7.71. The minimum atomic E-state index is -0.200. The van der Waals surface area contributed by atoms with Gasteiger partial charge in [-0.2, -0.15) is 5.10 Å². The number of fused-ring (bicyclic) bond motifs is 3. The van der Waals surface area contributed by atoms with Crippen LogP contribution >= 0.6 is 0 Å². The number of aromatic nitrogens is 6. The standard InChI is InChI=1S/C22H22N6O3.C2H6/c1-11-20(13(3)31-26-11)16-6-17-15(7-19(16)30-5)21-18(9-23-17)28(22(29)25-21)12(2)14-8-24-27(4)10-14;1-2/h6-10,12H,1-5H3,(H,25,29);1-2H3. The minimum absolute atomic E-state index is 0.197. The van der Waals surface area contributed by atoms with Gasteiger partial charge in [0.2, 0.25) is 0 Å². The number of ether oxygens (including phenoxy) is 1. The summed E-state index contributed by atoms with van der Waals surface area (Å²) in [5, 5.41) is 9.08. The molecule has 33 heavy (non-hydrogen) atoms. The highest BCUT2D eigenvalue weighted by Crippen LogP contribution is 2.38.